The van der Waals surface area contributed by atoms with Crippen LogP contribution >= 0.6 is 0 Å². The summed E-state index contributed by atoms with van der Waals surface area (Å²) in [6.45, 7) is 5.17. The number of rotatable bonds is 3. The molecule has 0 bridgehead atoms. The largest absolute Gasteiger partial charge is 0.465 e. The van der Waals surface area contributed by atoms with Gasteiger partial charge in [-0.05, 0) is 44.0 Å². The smallest absolute Gasteiger partial charge is 0.338 e. The van der Waals surface area contributed by atoms with Crippen LogP contribution in [0.3, 0.4) is 0 Å². The number of carbonyl (C=O) groups is 2. The maximum Gasteiger partial charge on any atom is 0.338 e. The summed E-state index contributed by atoms with van der Waals surface area (Å²) in [6, 6.07) is 4.88. The molecule has 0 saturated carbocycles. The van der Waals surface area contributed by atoms with Crippen LogP contribution in [0.4, 0.5) is 5.69 Å². The summed E-state index contributed by atoms with van der Waals surface area (Å²) in [6.07, 6.45) is 0. The van der Waals surface area contributed by atoms with E-state index in [1.165, 1.54) is 20.2 Å². The molecule has 0 spiro atoms. The van der Waals surface area contributed by atoms with Crippen molar-refractivity contribution in [3.8, 4) is 0 Å². The molecule has 0 unspecified atom stereocenters. The maximum atomic E-state index is 12.5. The molecular weight excluding hydrogens is 310 g/mol. The summed E-state index contributed by atoms with van der Waals surface area (Å²) in [4.78, 5) is 36.5. The van der Waals surface area contributed by atoms with E-state index in [0.717, 1.165) is 10.2 Å². The van der Waals surface area contributed by atoms with E-state index in [9.17, 15) is 14.4 Å². The predicted octanol–water partition coefficient (Wildman–Crippen LogP) is 1.74. The van der Waals surface area contributed by atoms with E-state index in [4.69, 9.17) is 4.74 Å². The molecule has 0 saturated heterocycles. The van der Waals surface area contributed by atoms with Crippen molar-refractivity contribution < 1.29 is 14.3 Å². The minimum absolute atomic E-state index is 0.0326. The van der Waals surface area contributed by atoms with Crippen LogP contribution in [0, 0.1) is 20.8 Å². The van der Waals surface area contributed by atoms with E-state index in [2.05, 4.69) is 10.4 Å². The lowest BCUT2D eigenvalue weighted by atomic mass is 10.1. The van der Waals surface area contributed by atoms with Crippen LogP contribution in [0.25, 0.3) is 0 Å². The Morgan fingerprint density at radius 3 is 2.50 bits per heavy atom. The Morgan fingerprint density at radius 1 is 1.21 bits per heavy atom. The number of anilines is 1. The second-order valence-electron chi connectivity index (χ2n) is 5.49. The zero-order valence-corrected chi connectivity index (χ0v) is 14.3. The van der Waals surface area contributed by atoms with Gasteiger partial charge in [-0.1, -0.05) is 6.07 Å². The molecule has 24 heavy (non-hydrogen) atoms. The lowest BCUT2D eigenvalue weighted by Crippen LogP contribution is -2.31. The fraction of sp³-hybridized carbons (Fsp3) is 0.294. The van der Waals surface area contributed by atoms with E-state index in [1.54, 1.807) is 32.9 Å². The summed E-state index contributed by atoms with van der Waals surface area (Å²) in [5.74, 6) is -1.03. The summed E-state index contributed by atoms with van der Waals surface area (Å²) in [5.41, 5.74) is 2.16. The van der Waals surface area contributed by atoms with Crippen LogP contribution in [0.2, 0.25) is 0 Å². The SMILES string of the molecule is COC(=O)c1cc(NC(=O)c2c(C)c(C)nn(C)c2=O)ccc1C. The Bertz CT molecular complexity index is 884. The minimum atomic E-state index is -0.543. The molecule has 0 atom stereocenters. The number of aromatic nitrogens is 2. The average molecular weight is 329 g/mol. The van der Waals surface area contributed by atoms with Gasteiger partial charge in [0.1, 0.15) is 5.56 Å². The maximum absolute atomic E-state index is 12.5. The molecule has 0 radical (unpaired) electrons. The second-order valence-corrected chi connectivity index (χ2v) is 5.49. The van der Waals surface area contributed by atoms with Crippen molar-refractivity contribution in [2.24, 2.45) is 7.05 Å². The van der Waals surface area contributed by atoms with Crippen LogP contribution < -0.4 is 10.9 Å². The second kappa shape index (κ2) is 6.66. The van der Waals surface area contributed by atoms with Crippen molar-refractivity contribution in [2.45, 2.75) is 20.8 Å². The van der Waals surface area contributed by atoms with Gasteiger partial charge in [0, 0.05) is 12.7 Å². The van der Waals surface area contributed by atoms with Crippen LogP contribution in [0.15, 0.2) is 23.0 Å². The molecule has 126 valence electrons. The van der Waals surface area contributed by atoms with Gasteiger partial charge in [-0.2, -0.15) is 5.10 Å². The first-order chi connectivity index (χ1) is 11.3. The van der Waals surface area contributed by atoms with Crippen molar-refractivity contribution >= 4 is 17.6 Å². The van der Waals surface area contributed by atoms with E-state index in [0.29, 0.717) is 22.5 Å². The van der Waals surface area contributed by atoms with Gasteiger partial charge < -0.3 is 10.1 Å². The van der Waals surface area contributed by atoms with Crippen molar-refractivity contribution in [1.82, 2.24) is 9.78 Å². The number of hydrogen-bond donors (Lipinski definition) is 1. The van der Waals surface area contributed by atoms with Crippen molar-refractivity contribution in [3.63, 3.8) is 0 Å². The predicted molar refractivity (Wildman–Crippen MR) is 89.4 cm³/mol. The Balaban J connectivity index is 2.42. The Morgan fingerprint density at radius 2 is 1.88 bits per heavy atom. The van der Waals surface area contributed by atoms with Crippen LogP contribution in [-0.4, -0.2) is 28.8 Å². The molecule has 1 heterocycles. The number of hydrogen-bond acceptors (Lipinski definition) is 5. The molecule has 2 aromatic rings. The first kappa shape index (κ1) is 17.4. The number of carbonyl (C=O) groups excluding carboxylic acids is 2. The lowest BCUT2D eigenvalue weighted by Gasteiger charge is -2.11. The fourth-order valence-electron chi connectivity index (χ4n) is 2.34. The summed E-state index contributed by atoms with van der Waals surface area (Å²) >= 11 is 0. The first-order valence-corrected chi connectivity index (χ1v) is 7.31. The molecule has 2 rings (SSSR count). The van der Waals surface area contributed by atoms with Crippen molar-refractivity contribution in [2.75, 3.05) is 12.4 Å². The third-order valence-corrected chi connectivity index (χ3v) is 3.85. The standard InChI is InChI=1S/C17H19N3O4/c1-9-6-7-12(8-13(9)17(23)24-5)18-15(21)14-10(2)11(3)19-20(4)16(14)22/h6-8H,1-5H3,(H,18,21). The highest BCUT2D eigenvalue weighted by Gasteiger charge is 2.19. The number of benzene rings is 1. The number of nitrogens with one attached hydrogen (secondary N) is 1. The molecule has 7 nitrogen and oxygen atoms in total. The van der Waals surface area contributed by atoms with Crippen LogP contribution in [0.1, 0.15) is 37.5 Å². The highest BCUT2D eigenvalue weighted by atomic mass is 16.5. The van der Waals surface area contributed by atoms with Crippen molar-refractivity contribution in [3.05, 3.63) is 56.5 Å². The van der Waals surface area contributed by atoms with Gasteiger partial charge in [0.05, 0.1) is 18.4 Å². The number of amides is 1. The Kier molecular flexibility index (Phi) is 4.82. The first-order valence-electron chi connectivity index (χ1n) is 7.31. The van der Waals surface area contributed by atoms with Gasteiger partial charge in [-0.15, -0.1) is 0 Å². The molecule has 1 aromatic heterocycles. The number of esters is 1. The van der Waals surface area contributed by atoms with Crippen LogP contribution in [-0.2, 0) is 11.8 Å². The molecular formula is C17H19N3O4. The van der Waals surface area contributed by atoms with Gasteiger partial charge in [0.2, 0.25) is 0 Å². The number of methoxy groups -OCH3 is 1. The Labute approximate surface area is 139 Å². The number of ether oxygens (including phenoxy) is 1. The van der Waals surface area contributed by atoms with Gasteiger partial charge >= 0.3 is 5.97 Å². The molecule has 0 aliphatic carbocycles. The molecule has 1 N–H and O–H groups in total. The summed E-state index contributed by atoms with van der Waals surface area (Å²) in [5, 5.41) is 6.70. The number of aryl methyl sites for hydroxylation is 3. The quantitative estimate of drug-likeness (QED) is 0.866. The molecule has 7 heteroatoms. The van der Waals surface area contributed by atoms with E-state index >= 15 is 0 Å². The zero-order valence-electron chi connectivity index (χ0n) is 14.3. The van der Waals surface area contributed by atoms with Gasteiger partial charge in [0.25, 0.3) is 11.5 Å². The molecule has 0 aliphatic heterocycles. The highest BCUT2D eigenvalue weighted by molar-refractivity contribution is 6.05. The molecule has 0 aliphatic rings. The monoisotopic (exact) mass is 329 g/mol. The Hall–Kier alpha value is -2.96. The third kappa shape index (κ3) is 3.19. The minimum Gasteiger partial charge on any atom is -0.465 e. The van der Waals surface area contributed by atoms with Gasteiger partial charge in [0.15, 0.2) is 0 Å². The molecule has 1 amide bonds. The van der Waals surface area contributed by atoms with E-state index < -0.39 is 17.4 Å². The average Bonchev–Trinajstić information content (AvgIpc) is 2.54. The van der Waals surface area contributed by atoms with E-state index in [1.807, 2.05) is 0 Å². The normalized spacial score (nSPS) is 10.4. The lowest BCUT2D eigenvalue weighted by molar-refractivity contribution is 0.0599. The number of nitrogens with zero attached hydrogens (tertiary/aromatic N) is 2. The van der Waals surface area contributed by atoms with Gasteiger partial charge in [-0.3, -0.25) is 9.59 Å². The molecule has 0 fully saturated rings. The fourth-order valence-corrected chi connectivity index (χ4v) is 2.34. The highest BCUT2D eigenvalue weighted by Crippen LogP contribution is 2.17. The summed E-state index contributed by atoms with van der Waals surface area (Å²) in [7, 11) is 2.78. The van der Waals surface area contributed by atoms with Crippen LogP contribution in [0.5, 0.6) is 0 Å². The van der Waals surface area contributed by atoms with E-state index in [-0.39, 0.29) is 5.56 Å². The van der Waals surface area contributed by atoms with Gasteiger partial charge in [-0.25, -0.2) is 9.48 Å². The van der Waals surface area contributed by atoms with Crippen molar-refractivity contribution in [1.29, 1.82) is 0 Å². The zero-order chi connectivity index (χ0) is 18.0. The third-order valence-electron chi connectivity index (χ3n) is 3.85. The molecule has 1 aromatic carbocycles. The summed E-state index contributed by atoms with van der Waals surface area (Å²) < 4.78 is 5.85. The topological polar surface area (TPSA) is 90.3 Å².